The zero-order valence-corrected chi connectivity index (χ0v) is 9.76. The molecule has 2 rings (SSSR count). The summed E-state index contributed by atoms with van der Waals surface area (Å²) in [6, 6.07) is 0.155. The van der Waals surface area contributed by atoms with Crippen LogP contribution in [0.2, 0.25) is 0 Å². The Balaban J connectivity index is 2.06. The number of nitrogens with one attached hydrogen (secondary N) is 1. The van der Waals surface area contributed by atoms with Gasteiger partial charge in [-0.1, -0.05) is 18.6 Å². The van der Waals surface area contributed by atoms with E-state index in [1.807, 2.05) is 0 Å². The van der Waals surface area contributed by atoms with Crippen LogP contribution in [0.4, 0.5) is 0 Å². The molecule has 1 aromatic rings. The number of piperidine rings is 1. The van der Waals surface area contributed by atoms with Crippen LogP contribution in [0, 0.1) is 0 Å². The summed E-state index contributed by atoms with van der Waals surface area (Å²) in [5.41, 5.74) is 0.834. The Kier molecular flexibility index (Phi) is 3.90. The second kappa shape index (κ2) is 5.41. The van der Waals surface area contributed by atoms with E-state index in [-0.39, 0.29) is 6.04 Å². The Labute approximate surface area is 95.8 Å². The van der Waals surface area contributed by atoms with Gasteiger partial charge in [0.2, 0.25) is 0 Å². The van der Waals surface area contributed by atoms with E-state index in [0.717, 1.165) is 31.6 Å². The van der Waals surface area contributed by atoms with Gasteiger partial charge in [-0.3, -0.25) is 0 Å². The van der Waals surface area contributed by atoms with Gasteiger partial charge in [0.1, 0.15) is 6.10 Å². The van der Waals surface area contributed by atoms with Crippen molar-refractivity contribution in [3.63, 3.8) is 0 Å². The molecule has 1 saturated heterocycles. The minimum atomic E-state index is -0.484. The molecule has 2 unspecified atom stereocenters. The van der Waals surface area contributed by atoms with Gasteiger partial charge in [-0.2, -0.15) is 0 Å². The van der Waals surface area contributed by atoms with Crippen molar-refractivity contribution in [2.45, 2.75) is 51.3 Å². The van der Waals surface area contributed by atoms with Crippen molar-refractivity contribution in [3.05, 3.63) is 11.9 Å². The van der Waals surface area contributed by atoms with Crippen LogP contribution in [-0.2, 0) is 6.54 Å². The maximum Gasteiger partial charge on any atom is 0.112 e. The lowest BCUT2D eigenvalue weighted by Gasteiger charge is -2.27. The molecule has 5 heteroatoms. The fourth-order valence-corrected chi connectivity index (χ4v) is 2.23. The van der Waals surface area contributed by atoms with Gasteiger partial charge >= 0.3 is 0 Å². The van der Waals surface area contributed by atoms with Crippen molar-refractivity contribution < 1.29 is 5.11 Å². The molecule has 0 radical (unpaired) electrons. The maximum absolute atomic E-state index is 10.3. The smallest absolute Gasteiger partial charge is 0.112 e. The molecule has 0 aromatic carbocycles. The fourth-order valence-electron chi connectivity index (χ4n) is 2.23. The molecule has 2 N–H and O–H groups in total. The van der Waals surface area contributed by atoms with Crippen LogP contribution in [0.5, 0.6) is 0 Å². The van der Waals surface area contributed by atoms with Gasteiger partial charge in [-0.15, -0.1) is 5.10 Å². The Morgan fingerprint density at radius 1 is 1.62 bits per heavy atom. The summed E-state index contributed by atoms with van der Waals surface area (Å²) in [5.74, 6) is 0. The van der Waals surface area contributed by atoms with Gasteiger partial charge in [0.05, 0.1) is 11.9 Å². The van der Waals surface area contributed by atoms with Crippen LogP contribution in [0.3, 0.4) is 0 Å². The third-order valence-corrected chi connectivity index (χ3v) is 3.12. The topological polar surface area (TPSA) is 63.0 Å². The number of aliphatic hydroxyl groups excluding tert-OH is 1. The summed E-state index contributed by atoms with van der Waals surface area (Å²) in [5, 5.41) is 21.5. The average molecular weight is 224 g/mol. The van der Waals surface area contributed by atoms with Gasteiger partial charge in [0.25, 0.3) is 0 Å². The van der Waals surface area contributed by atoms with Gasteiger partial charge in [-0.05, 0) is 25.8 Å². The number of hydrogen-bond donors (Lipinski definition) is 2. The fraction of sp³-hybridized carbons (Fsp3) is 0.818. The van der Waals surface area contributed by atoms with E-state index in [1.54, 1.807) is 10.9 Å². The Morgan fingerprint density at radius 3 is 3.19 bits per heavy atom. The third kappa shape index (κ3) is 2.41. The van der Waals surface area contributed by atoms with Crippen molar-refractivity contribution in [1.82, 2.24) is 20.3 Å². The standard InChI is InChI=1S/C11H20N4O/c1-2-7-15-10(8-13-14-15)11(16)9-5-3-4-6-12-9/h8-9,11-12,16H,2-7H2,1H3. The number of aliphatic hydroxyl groups is 1. The first-order valence-corrected chi connectivity index (χ1v) is 6.12. The van der Waals surface area contributed by atoms with Crippen LogP contribution in [-0.4, -0.2) is 32.7 Å². The highest BCUT2D eigenvalue weighted by Crippen LogP contribution is 2.22. The summed E-state index contributed by atoms with van der Waals surface area (Å²) in [4.78, 5) is 0. The molecule has 16 heavy (non-hydrogen) atoms. The first kappa shape index (κ1) is 11.5. The average Bonchev–Trinajstić information content (AvgIpc) is 2.78. The quantitative estimate of drug-likeness (QED) is 0.796. The molecule has 0 aliphatic carbocycles. The van der Waals surface area contributed by atoms with Crippen LogP contribution in [0.25, 0.3) is 0 Å². The summed E-state index contributed by atoms with van der Waals surface area (Å²) in [6.07, 6.45) is 5.61. The molecule has 1 aliphatic heterocycles. The lowest BCUT2D eigenvalue weighted by molar-refractivity contribution is 0.105. The second-order valence-corrected chi connectivity index (χ2v) is 4.38. The molecule has 0 amide bonds. The van der Waals surface area contributed by atoms with E-state index >= 15 is 0 Å². The second-order valence-electron chi connectivity index (χ2n) is 4.38. The van der Waals surface area contributed by atoms with Crippen molar-refractivity contribution in [3.8, 4) is 0 Å². The number of nitrogens with zero attached hydrogens (tertiary/aromatic N) is 3. The Bertz CT molecular complexity index is 320. The molecular weight excluding hydrogens is 204 g/mol. The summed E-state index contributed by atoms with van der Waals surface area (Å²) >= 11 is 0. The Hall–Kier alpha value is -0.940. The SMILES string of the molecule is CCCn1nncc1C(O)C1CCCCN1. The largest absolute Gasteiger partial charge is 0.385 e. The van der Waals surface area contributed by atoms with E-state index in [2.05, 4.69) is 22.6 Å². The number of rotatable bonds is 4. The first-order valence-electron chi connectivity index (χ1n) is 6.12. The molecule has 1 aliphatic rings. The van der Waals surface area contributed by atoms with E-state index in [0.29, 0.717) is 0 Å². The summed E-state index contributed by atoms with van der Waals surface area (Å²) in [7, 11) is 0. The van der Waals surface area contributed by atoms with Crippen molar-refractivity contribution in [2.24, 2.45) is 0 Å². The molecule has 2 atom stereocenters. The highest BCUT2D eigenvalue weighted by molar-refractivity contribution is 5.03. The van der Waals surface area contributed by atoms with Gasteiger partial charge < -0.3 is 10.4 Å². The van der Waals surface area contributed by atoms with Gasteiger partial charge in [0, 0.05) is 12.6 Å². The number of aromatic nitrogens is 3. The van der Waals surface area contributed by atoms with E-state index in [4.69, 9.17) is 0 Å². The molecule has 0 saturated carbocycles. The van der Waals surface area contributed by atoms with E-state index in [1.165, 1.54) is 12.8 Å². The van der Waals surface area contributed by atoms with E-state index < -0.39 is 6.10 Å². The predicted octanol–water partition coefficient (Wildman–Crippen LogP) is 0.864. The minimum Gasteiger partial charge on any atom is -0.385 e. The normalized spacial score (nSPS) is 23.2. The maximum atomic E-state index is 10.3. The van der Waals surface area contributed by atoms with Crippen LogP contribution >= 0.6 is 0 Å². The van der Waals surface area contributed by atoms with E-state index in [9.17, 15) is 5.11 Å². The minimum absolute atomic E-state index is 0.155. The highest BCUT2D eigenvalue weighted by Gasteiger charge is 2.25. The molecule has 1 fully saturated rings. The molecule has 5 nitrogen and oxygen atoms in total. The highest BCUT2D eigenvalue weighted by atomic mass is 16.3. The van der Waals surface area contributed by atoms with Gasteiger partial charge in [-0.25, -0.2) is 4.68 Å². The van der Waals surface area contributed by atoms with Crippen molar-refractivity contribution in [1.29, 1.82) is 0 Å². The predicted molar refractivity (Wildman–Crippen MR) is 60.9 cm³/mol. The summed E-state index contributed by atoms with van der Waals surface area (Å²) in [6.45, 7) is 3.91. The molecule has 1 aromatic heterocycles. The van der Waals surface area contributed by atoms with Crippen LogP contribution in [0.1, 0.15) is 44.4 Å². The zero-order valence-electron chi connectivity index (χ0n) is 9.76. The van der Waals surface area contributed by atoms with Crippen molar-refractivity contribution >= 4 is 0 Å². The lowest BCUT2D eigenvalue weighted by Crippen LogP contribution is -2.39. The molecule has 0 spiro atoms. The number of hydrogen-bond acceptors (Lipinski definition) is 4. The van der Waals surface area contributed by atoms with Crippen LogP contribution in [0.15, 0.2) is 6.20 Å². The number of aryl methyl sites for hydroxylation is 1. The van der Waals surface area contributed by atoms with Gasteiger partial charge in [0.15, 0.2) is 0 Å². The lowest BCUT2D eigenvalue weighted by atomic mass is 9.98. The molecule has 2 heterocycles. The zero-order chi connectivity index (χ0) is 11.4. The third-order valence-electron chi connectivity index (χ3n) is 3.12. The van der Waals surface area contributed by atoms with Crippen LogP contribution < -0.4 is 5.32 Å². The molecule has 0 bridgehead atoms. The monoisotopic (exact) mass is 224 g/mol. The Morgan fingerprint density at radius 2 is 2.50 bits per heavy atom. The summed E-state index contributed by atoms with van der Waals surface area (Å²) < 4.78 is 1.81. The molecule has 90 valence electrons. The molecular formula is C11H20N4O. The first-order chi connectivity index (χ1) is 7.83. The van der Waals surface area contributed by atoms with Crippen molar-refractivity contribution in [2.75, 3.05) is 6.54 Å².